The molecule has 3 nitrogen and oxygen atoms in total. The monoisotopic (exact) mass is 212 g/mol. The van der Waals surface area contributed by atoms with Gasteiger partial charge in [-0.3, -0.25) is 0 Å². The minimum Gasteiger partial charge on any atom is -0.493 e. The van der Waals surface area contributed by atoms with Crippen molar-refractivity contribution in [3.63, 3.8) is 0 Å². The fraction of sp³-hybridized carbons (Fsp3) is 0.400. The molecule has 4 heteroatoms. The quantitative estimate of drug-likeness (QED) is 0.720. The van der Waals surface area contributed by atoms with Crippen molar-refractivity contribution in [2.75, 3.05) is 0 Å². The average molecular weight is 213 g/mol. The first-order chi connectivity index (χ1) is 6.69. The second-order valence-corrected chi connectivity index (χ2v) is 3.19. The molecule has 0 aliphatic rings. The lowest BCUT2D eigenvalue weighted by Crippen LogP contribution is -2.03. The first kappa shape index (κ1) is 11.0. The van der Waals surface area contributed by atoms with Crippen molar-refractivity contribution in [1.29, 1.82) is 0 Å². The number of nitrogens with zero attached hydrogens (tertiary/aromatic N) is 2. The van der Waals surface area contributed by atoms with Gasteiger partial charge in [-0.1, -0.05) is 25.1 Å². The summed E-state index contributed by atoms with van der Waals surface area (Å²) >= 11 is 5.84. The molecule has 1 heterocycles. The van der Waals surface area contributed by atoms with E-state index >= 15 is 0 Å². The van der Waals surface area contributed by atoms with Gasteiger partial charge in [0.25, 0.3) is 0 Å². The van der Waals surface area contributed by atoms with E-state index < -0.39 is 0 Å². The van der Waals surface area contributed by atoms with Gasteiger partial charge in [0.1, 0.15) is 11.3 Å². The molecule has 14 heavy (non-hydrogen) atoms. The summed E-state index contributed by atoms with van der Waals surface area (Å²) in [5.74, 6) is 0. The van der Waals surface area contributed by atoms with E-state index in [1.807, 2.05) is 13.8 Å². The van der Waals surface area contributed by atoms with Crippen LogP contribution >= 0.6 is 11.6 Å². The Morgan fingerprint density at radius 2 is 2.43 bits per heavy atom. The summed E-state index contributed by atoms with van der Waals surface area (Å²) in [6.45, 7) is 7.36. The molecule has 0 amide bonds. The second kappa shape index (κ2) is 4.96. The third-order valence-electron chi connectivity index (χ3n) is 1.86. The molecule has 1 aromatic rings. The molecule has 0 N–H and O–H groups in total. The minimum atomic E-state index is -0.137. The van der Waals surface area contributed by atoms with Gasteiger partial charge in [0.2, 0.25) is 0 Å². The van der Waals surface area contributed by atoms with E-state index in [-0.39, 0.29) is 6.10 Å². The van der Waals surface area contributed by atoms with Crippen molar-refractivity contribution in [3.8, 4) is 0 Å². The van der Waals surface area contributed by atoms with Crippen molar-refractivity contribution in [1.82, 2.24) is 9.97 Å². The number of rotatable bonds is 4. The maximum atomic E-state index is 5.84. The van der Waals surface area contributed by atoms with Crippen LogP contribution in [-0.4, -0.2) is 9.97 Å². The molecule has 1 rings (SSSR count). The number of aromatic nitrogens is 2. The van der Waals surface area contributed by atoms with Gasteiger partial charge in [-0.2, -0.15) is 0 Å². The fourth-order valence-electron chi connectivity index (χ4n) is 1.06. The van der Waals surface area contributed by atoms with Crippen LogP contribution in [0.4, 0.5) is 0 Å². The summed E-state index contributed by atoms with van der Waals surface area (Å²) in [7, 11) is 0. The van der Waals surface area contributed by atoms with Crippen LogP contribution in [0.25, 0.3) is 0 Å². The van der Waals surface area contributed by atoms with Crippen molar-refractivity contribution < 1.29 is 4.74 Å². The van der Waals surface area contributed by atoms with Crippen LogP contribution in [0.5, 0.6) is 0 Å². The summed E-state index contributed by atoms with van der Waals surface area (Å²) in [6, 6.07) is 0. The lowest BCUT2D eigenvalue weighted by molar-refractivity contribution is 0.160. The van der Waals surface area contributed by atoms with Crippen LogP contribution < -0.4 is 0 Å². The molecule has 0 aliphatic heterocycles. The summed E-state index contributed by atoms with van der Waals surface area (Å²) in [5.41, 5.74) is 1.56. The van der Waals surface area contributed by atoms with Gasteiger partial charge < -0.3 is 4.74 Å². The number of aryl methyl sites for hydroxylation is 1. The SMILES string of the molecule is C=COC(C)c1cnc(Cl)c(CC)n1. The van der Waals surface area contributed by atoms with E-state index in [9.17, 15) is 0 Å². The molecule has 0 radical (unpaired) electrons. The van der Waals surface area contributed by atoms with Crippen LogP contribution in [0.15, 0.2) is 19.0 Å². The summed E-state index contributed by atoms with van der Waals surface area (Å²) in [6.07, 6.45) is 3.64. The molecule has 0 spiro atoms. The molecule has 0 aliphatic carbocycles. The van der Waals surface area contributed by atoms with E-state index in [4.69, 9.17) is 16.3 Å². The van der Waals surface area contributed by atoms with Gasteiger partial charge in [0.05, 0.1) is 23.8 Å². The van der Waals surface area contributed by atoms with Gasteiger partial charge in [-0.25, -0.2) is 9.97 Å². The minimum absolute atomic E-state index is 0.137. The Labute approximate surface area is 88.8 Å². The van der Waals surface area contributed by atoms with Crippen molar-refractivity contribution in [3.05, 3.63) is 35.6 Å². The van der Waals surface area contributed by atoms with Crippen LogP contribution in [0.1, 0.15) is 31.3 Å². The van der Waals surface area contributed by atoms with Crippen LogP contribution in [0.3, 0.4) is 0 Å². The Hall–Kier alpha value is -1.09. The topological polar surface area (TPSA) is 35.0 Å². The summed E-state index contributed by atoms with van der Waals surface area (Å²) < 4.78 is 5.19. The van der Waals surface area contributed by atoms with E-state index in [2.05, 4.69) is 16.5 Å². The van der Waals surface area contributed by atoms with E-state index in [0.29, 0.717) is 5.15 Å². The maximum absolute atomic E-state index is 5.84. The normalized spacial score (nSPS) is 12.2. The Morgan fingerprint density at radius 1 is 1.71 bits per heavy atom. The Balaban J connectivity index is 2.93. The van der Waals surface area contributed by atoms with Gasteiger partial charge >= 0.3 is 0 Å². The van der Waals surface area contributed by atoms with E-state index in [1.165, 1.54) is 6.26 Å². The van der Waals surface area contributed by atoms with Gasteiger partial charge in [-0.15, -0.1) is 0 Å². The number of hydrogen-bond acceptors (Lipinski definition) is 3. The Kier molecular flexibility index (Phi) is 3.89. The highest BCUT2D eigenvalue weighted by molar-refractivity contribution is 6.29. The molecule has 1 aromatic heterocycles. The van der Waals surface area contributed by atoms with Crippen LogP contribution in [0.2, 0.25) is 5.15 Å². The number of ether oxygens (including phenoxy) is 1. The van der Waals surface area contributed by atoms with Gasteiger partial charge in [0, 0.05) is 0 Å². The third-order valence-corrected chi connectivity index (χ3v) is 2.18. The number of hydrogen-bond donors (Lipinski definition) is 0. The maximum Gasteiger partial charge on any atom is 0.150 e. The molecule has 1 unspecified atom stereocenters. The highest BCUT2D eigenvalue weighted by atomic mass is 35.5. The number of halogens is 1. The second-order valence-electron chi connectivity index (χ2n) is 2.83. The first-order valence-electron chi connectivity index (χ1n) is 4.46. The predicted octanol–water partition coefficient (Wildman–Crippen LogP) is 2.91. The zero-order chi connectivity index (χ0) is 10.6. The van der Waals surface area contributed by atoms with Crippen molar-refractivity contribution in [2.45, 2.75) is 26.4 Å². The van der Waals surface area contributed by atoms with Crippen LogP contribution in [0, 0.1) is 0 Å². The van der Waals surface area contributed by atoms with Gasteiger partial charge in [-0.05, 0) is 13.3 Å². The molecular formula is C10H13ClN2O. The Bertz CT molecular complexity index is 328. The fourth-order valence-corrected chi connectivity index (χ4v) is 1.29. The molecule has 0 saturated heterocycles. The summed E-state index contributed by atoms with van der Waals surface area (Å²) in [5, 5.41) is 0.460. The lowest BCUT2D eigenvalue weighted by Gasteiger charge is -2.11. The third kappa shape index (κ3) is 2.45. The zero-order valence-electron chi connectivity index (χ0n) is 8.33. The van der Waals surface area contributed by atoms with E-state index in [0.717, 1.165) is 17.8 Å². The zero-order valence-corrected chi connectivity index (χ0v) is 9.08. The molecule has 76 valence electrons. The van der Waals surface area contributed by atoms with Crippen molar-refractivity contribution >= 4 is 11.6 Å². The lowest BCUT2D eigenvalue weighted by atomic mass is 10.2. The standard InChI is InChI=1S/C10H13ClN2O/c1-4-8-10(11)12-6-9(13-8)7(3)14-5-2/h5-7H,2,4H2,1,3H3. The molecule has 0 bridgehead atoms. The first-order valence-corrected chi connectivity index (χ1v) is 4.84. The van der Waals surface area contributed by atoms with Gasteiger partial charge in [0.15, 0.2) is 0 Å². The average Bonchev–Trinajstić information content (AvgIpc) is 2.19. The Morgan fingerprint density at radius 3 is 3.00 bits per heavy atom. The van der Waals surface area contributed by atoms with Crippen LogP contribution in [-0.2, 0) is 11.2 Å². The molecule has 0 aromatic carbocycles. The summed E-state index contributed by atoms with van der Waals surface area (Å²) in [4.78, 5) is 8.38. The predicted molar refractivity (Wildman–Crippen MR) is 56.1 cm³/mol. The largest absolute Gasteiger partial charge is 0.493 e. The highest BCUT2D eigenvalue weighted by Gasteiger charge is 2.09. The molecule has 1 atom stereocenters. The van der Waals surface area contributed by atoms with Crippen molar-refractivity contribution in [2.24, 2.45) is 0 Å². The highest BCUT2D eigenvalue weighted by Crippen LogP contribution is 2.17. The smallest absolute Gasteiger partial charge is 0.150 e. The molecular weight excluding hydrogens is 200 g/mol. The molecule has 0 fully saturated rings. The van der Waals surface area contributed by atoms with E-state index in [1.54, 1.807) is 6.20 Å². The molecule has 0 saturated carbocycles.